The zero-order valence-corrected chi connectivity index (χ0v) is 14.0. The van der Waals surface area contributed by atoms with Crippen molar-refractivity contribution < 1.29 is 4.74 Å². The first-order valence-electron chi connectivity index (χ1n) is 8.40. The van der Waals surface area contributed by atoms with E-state index >= 15 is 0 Å². The third-order valence-corrected chi connectivity index (χ3v) is 4.48. The van der Waals surface area contributed by atoms with E-state index in [2.05, 4.69) is 44.1 Å². The van der Waals surface area contributed by atoms with Gasteiger partial charge in [-0.05, 0) is 56.7 Å². The minimum atomic E-state index is 0.186. The van der Waals surface area contributed by atoms with Gasteiger partial charge < -0.3 is 10.1 Å². The molecule has 0 aromatic carbocycles. The summed E-state index contributed by atoms with van der Waals surface area (Å²) in [6.45, 7) is 9.80. The van der Waals surface area contributed by atoms with E-state index in [1.807, 2.05) is 12.4 Å². The molecule has 1 saturated carbocycles. The number of hydrogen-bond donors (Lipinski definition) is 1. The van der Waals surface area contributed by atoms with Crippen LogP contribution in [0.1, 0.15) is 71.4 Å². The fraction of sp³-hybridized carbons (Fsp3) is 0.722. The second kappa shape index (κ2) is 7.26. The lowest BCUT2D eigenvalue weighted by molar-refractivity contribution is 0.219. The second-order valence-corrected chi connectivity index (χ2v) is 6.87. The molecule has 1 aromatic rings. The Balaban J connectivity index is 2.23. The van der Waals surface area contributed by atoms with Gasteiger partial charge in [-0.25, -0.2) is 0 Å². The van der Waals surface area contributed by atoms with Crippen LogP contribution >= 0.6 is 0 Å². The van der Waals surface area contributed by atoms with Crippen molar-refractivity contribution in [3.05, 3.63) is 24.0 Å². The molecule has 1 atom stereocenters. The highest BCUT2D eigenvalue weighted by molar-refractivity contribution is 5.28. The molecule has 0 aliphatic heterocycles. The van der Waals surface area contributed by atoms with Crippen molar-refractivity contribution in [1.29, 1.82) is 0 Å². The maximum atomic E-state index is 5.81. The summed E-state index contributed by atoms with van der Waals surface area (Å²) in [5.74, 6) is 0.882. The van der Waals surface area contributed by atoms with Crippen molar-refractivity contribution in [2.75, 3.05) is 6.54 Å². The van der Waals surface area contributed by atoms with Crippen LogP contribution < -0.4 is 10.1 Å². The van der Waals surface area contributed by atoms with Crippen molar-refractivity contribution in [3.63, 3.8) is 0 Å². The Hall–Kier alpha value is -1.09. The molecule has 1 aromatic heterocycles. The molecule has 3 nitrogen and oxygen atoms in total. The van der Waals surface area contributed by atoms with E-state index < -0.39 is 0 Å². The van der Waals surface area contributed by atoms with E-state index in [0.717, 1.165) is 18.7 Å². The van der Waals surface area contributed by atoms with Crippen LogP contribution in [0.15, 0.2) is 18.5 Å². The number of nitrogens with one attached hydrogen (secondary N) is 1. The van der Waals surface area contributed by atoms with E-state index in [-0.39, 0.29) is 6.10 Å². The Morgan fingerprint density at radius 3 is 2.62 bits per heavy atom. The van der Waals surface area contributed by atoms with Gasteiger partial charge in [0.15, 0.2) is 0 Å². The maximum Gasteiger partial charge on any atom is 0.138 e. The van der Waals surface area contributed by atoms with Gasteiger partial charge in [-0.1, -0.05) is 26.7 Å². The molecular weight excluding hydrogens is 260 g/mol. The van der Waals surface area contributed by atoms with Crippen LogP contribution in [0.5, 0.6) is 5.75 Å². The van der Waals surface area contributed by atoms with Crippen molar-refractivity contribution in [1.82, 2.24) is 10.3 Å². The maximum absolute atomic E-state index is 5.81. The fourth-order valence-electron chi connectivity index (χ4n) is 3.46. The lowest BCUT2D eigenvalue weighted by Crippen LogP contribution is -2.35. The van der Waals surface area contributed by atoms with E-state index in [1.165, 1.54) is 31.2 Å². The van der Waals surface area contributed by atoms with Crippen LogP contribution in [-0.4, -0.2) is 17.6 Å². The van der Waals surface area contributed by atoms with Gasteiger partial charge in [0.2, 0.25) is 0 Å². The van der Waals surface area contributed by atoms with Crippen LogP contribution in [0.2, 0.25) is 0 Å². The summed E-state index contributed by atoms with van der Waals surface area (Å²) in [5.41, 5.74) is 1.61. The number of aromatic nitrogens is 1. The molecule has 2 rings (SSSR count). The van der Waals surface area contributed by atoms with Crippen molar-refractivity contribution in [2.45, 2.75) is 71.9 Å². The first-order chi connectivity index (χ1) is 10.0. The molecule has 1 heterocycles. The molecule has 1 fully saturated rings. The largest absolute Gasteiger partial charge is 0.489 e. The molecule has 1 unspecified atom stereocenters. The Labute approximate surface area is 129 Å². The zero-order chi connectivity index (χ0) is 15.3. The minimum Gasteiger partial charge on any atom is -0.489 e. The van der Waals surface area contributed by atoms with Gasteiger partial charge in [-0.2, -0.15) is 0 Å². The van der Waals surface area contributed by atoms with Gasteiger partial charge in [0.1, 0.15) is 5.75 Å². The highest BCUT2D eigenvalue weighted by Gasteiger charge is 2.37. The summed E-state index contributed by atoms with van der Waals surface area (Å²) >= 11 is 0. The molecular formula is C18H30N2O. The van der Waals surface area contributed by atoms with E-state index in [0.29, 0.717) is 11.5 Å². The number of nitrogens with zero attached hydrogens (tertiary/aromatic N) is 1. The third-order valence-electron chi connectivity index (χ3n) is 4.48. The SMILES string of the molecule is CCCNC(c1cncc(OC(C)C)c1)C1(C)CCCC1. The highest BCUT2D eigenvalue weighted by Crippen LogP contribution is 2.47. The number of pyridine rings is 1. The van der Waals surface area contributed by atoms with Crippen LogP contribution in [0.3, 0.4) is 0 Å². The van der Waals surface area contributed by atoms with Crippen molar-refractivity contribution in [2.24, 2.45) is 5.41 Å². The zero-order valence-electron chi connectivity index (χ0n) is 14.0. The smallest absolute Gasteiger partial charge is 0.138 e. The molecule has 0 bridgehead atoms. The molecule has 3 heteroatoms. The summed E-state index contributed by atoms with van der Waals surface area (Å²) in [5, 5.41) is 3.75. The predicted octanol–water partition coefficient (Wildman–Crippen LogP) is 4.49. The normalized spacial score (nSPS) is 18.9. The van der Waals surface area contributed by atoms with Crippen LogP contribution in [0, 0.1) is 5.41 Å². The van der Waals surface area contributed by atoms with E-state index in [9.17, 15) is 0 Å². The molecule has 0 radical (unpaired) electrons. The summed E-state index contributed by atoms with van der Waals surface area (Å²) in [6, 6.07) is 2.55. The summed E-state index contributed by atoms with van der Waals surface area (Å²) in [7, 11) is 0. The van der Waals surface area contributed by atoms with Crippen LogP contribution in [-0.2, 0) is 0 Å². The number of ether oxygens (including phenoxy) is 1. The van der Waals surface area contributed by atoms with Gasteiger partial charge >= 0.3 is 0 Å². The number of rotatable bonds is 7. The molecule has 0 amide bonds. The molecule has 118 valence electrons. The molecule has 0 spiro atoms. The Bertz CT molecular complexity index is 439. The Morgan fingerprint density at radius 1 is 1.29 bits per heavy atom. The lowest BCUT2D eigenvalue weighted by atomic mass is 9.77. The van der Waals surface area contributed by atoms with E-state index in [4.69, 9.17) is 4.74 Å². The third kappa shape index (κ3) is 4.19. The topological polar surface area (TPSA) is 34.2 Å². The van der Waals surface area contributed by atoms with Gasteiger partial charge in [0.05, 0.1) is 12.3 Å². The Kier molecular flexibility index (Phi) is 5.63. The quantitative estimate of drug-likeness (QED) is 0.803. The molecule has 1 N–H and O–H groups in total. The average Bonchev–Trinajstić information content (AvgIpc) is 2.86. The van der Waals surface area contributed by atoms with Gasteiger partial charge in [0.25, 0.3) is 0 Å². The minimum absolute atomic E-state index is 0.186. The molecule has 1 aliphatic carbocycles. The first kappa shape index (κ1) is 16.3. The molecule has 1 aliphatic rings. The molecule has 0 saturated heterocycles. The second-order valence-electron chi connectivity index (χ2n) is 6.87. The van der Waals surface area contributed by atoms with Crippen LogP contribution in [0.4, 0.5) is 0 Å². The molecule has 21 heavy (non-hydrogen) atoms. The first-order valence-corrected chi connectivity index (χ1v) is 8.40. The summed E-state index contributed by atoms with van der Waals surface area (Å²) in [6.07, 6.45) is 10.4. The monoisotopic (exact) mass is 290 g/mol. The van der Waals surface area contributed by atoms with Crippen molar-refractivity contribution >= 4 is 0 Å². The standard InChI is InChI=1S/C18H30N2O/c1-5-10-20-17(18(4)8-6-7-9-18)15-11-16(13-19-12-15)21-14(2)3/h11-14,17,20H,5-10H2,1-4H3. The van der Waals surface area contributed by atoms with Crippen LogP contribution in [0.25, 0.3) is 0 Å². The van der Waals surface area contributed by atoms with Crippen molar-refractivity contribution in [3.8, 4) is 5.75 Å². The predicted molar refractivity (Wildman–Crippen MR) is 87.6 cm³/mol. The highest BCUT2D eigenvalue weighted by atomic mass is 16.5. The average molecular weight is 290 g/mol. The Morgan fingerprint density at radius 2 is 2.00 bits per heavy atom. The van der Waals surface area contributed by atoms with Gasteiger partial charge in [0, 0.05) is 12.2 Å². The summed E-state index contributed by atoms with van der Waals surface area (Å²) in [4.78, 5) is 4.40. The lowest BCUT2D eigenvalue weighted by Gasteiger charge is -2.35. The fourth-order valence-corrected chi connectivity index (χ4v) is 3.46. The van der Waals surface area contributed by atoms with E-state index in [1.54, 1.807) is 0 Å². The van der Waals surface area contributed by atoms with Gasteiger partial charge in [-0.15, -0.1) is 0 Å². The number of hydrogen-bond acceptors (Lipinski definition) is 3. The van der Waals surface area contributed by atoms with Gasteiger partial charge in [-0.3, -0.25) is 4.98 Å². The summed E-state index contributed by atoms with van der Waals surface area (Å²) < 4.78 is 5.81.